The van der Waals surface area contributed by atoms with Crippen molar-refractivity contribution in [3.8, 4) is 0 Å². The van der Waals surface area contributed by atoms with Gasteiger partial charge in [-0.05, 0) is 42.5 Å². The molecule has 0 fully saturated rings. The molecule has 32 heavy (non-hydrogen) atoms. The number of rotatable bonds is 6. The van der Waals surface area contributed by atoms with Crippen LogP contribution >= 0.6 is 0 Å². The minimum Gasteiger partial charge on any atom is -0.478 e. The normalized spacial score (nSPS) is 10.9. The molecule has 0 spiro atoms. The van der Waals surface area contributed by atoms with Crippen molar-refractivity contribution in [1.82, 2.24) is 15.4 Å². The fourth-order valence-corrected chi connectivity index (χ4v) is 3.02. The molecule has 4 rings (SSSR count). The van der Waals surface area contributed by atoms with Crippen LogP contribution in [0, 0.1) is 0 Å². The predicted molar refractivity (Wildman–Crippen MR) is 121 cm³/mol. The van der Waals surface area contributed by atoms with Gasteiger partial charge in [0.15, 0.2) is 0 Å². The Hall–Kier alpha value is -4.79. The molecular formula is C23H17N5O4. The number of hydrogen-bond acceptors (Lipinski definition) is 6. The molecule has 0 aliphatic rings. The minimum atomic E-state index is -1.08. The van der Waals surface area contributed by atoms with Crippen molar-refractivity contribution in [3.05, 3.63) is 99.8 Å². The number of hydrazone groups is 1. The number of amides is 1. The van der Waals surface area contributed by atoms with Crippen LogP contribution in [0.25, 0.3) is 10.9 Å². The number of aromatic nitrogens is 2. The molecule has 0 aliphatic heterocycles. The van der Waals surface area contributed by atoms with Gasteiger partial charge in [0.1, 0.15) is 0 Å². The van der Waals surface area contributed by atoms with E-state index in [1.807, 2.05) is 0 Å². The van der Waals surface area contributed by atoms with Crippen LogP contribution in [-0.2, 0) is 0 Å². The first-order chi connectivity index (χ1) is 15.5. The summed E-state index contributed by atoms with van der Waals surface area (Å²) in [5.41, 5.74) is 4.11. The first-order valence-corrected chi connectivity index (χ1v) is 9.53. The zero-order chi connectivity index (χ0) is 22.5. The summed E-state index contributed by atoms with van der Waals surface area (Å²) in [7, 11) is 0. The fourth-order valence-electron chi connectivity index (χ4n) is 3.02. The second-order valence-corrected chi connectivity index (χ2v) is 6.73. The number of benzene rings is 3. The monoisotopic (exact) mass is 427 g/mol. The van der Waals surface area contributed by atoms with Gasteiger partial charge >= 0.3 is 5.97 Å². The SMILES string of the molecule is O=C(N/N=C\c1ccccc1C(=O)O)c1ccc(Nc2nc3ccccc3c(=O)[nH]2)cc1. The molecule has 9 nitrogen and oxygen atoms in total. The molecule has 0 unspecified atom stereocenters. The first kappa shape index (κ1) is 20.5. The van der Waals surface area contributed by atoms with Crippen LogP contribution in [0.1, 0.15) is 26.3 Å². The Balaban J connectivity index is 1.43. The van der Waals surface area contributed by atoms with E-state index in [2.05, 4.69) is 25.8 Å². The number of nitrogens with one attached hydrogen (secondary N) is 3. The summed E-state index contributed by atoms with van der Waals surface area (Å²) in [6.45, 7) is 0. The Morgan fingerprint density at radius 2 is 1.69 bits per heavy atom. The van der Waals surface area contributed by atoms with E-state index in [1.165, 1.54) is 12.3 Å². The number of carboxylic acid groups (broad SMARTS) is 1. The summed E-state index contributed by atoms with van der Waals surface area (Å²) >= 11 is 0. The molecule has 9 heteroatoms. The molecule has 0 saturated heterocycles. The van der Waals surface area contributed by atoms with Gasteiger partial charge in [-0.15, -0.1) is 0 Å². The molecule has 0 bridgehead atoms. The lowest BCUT2D eigenvalue weighted by atomic mass is 10.1. The molecule has 1 heterocycles. The van der Waals surface area contributed by atoms with Crippen LogP contribution in [0.4, 0.5) is 11.6 Å². The molecule has 0 radical (unpaired) electrons. The number of hydrogen-bond donors (Lipinski definition) is 4. The van der Waals surface area contributed by atoms with E-state index < -0.39 is 11.9 Å². The van der Waals surface area contributed by atoms with Crippen molar-refractivity contribution < 1.29 is 14.7 Å². The number of carbonyl (C=O) groups is 2. The minimum absolute atomic E-state index is 0.0845. The topological polar surface area (TPSA) is 137 Å². The Morgan fingerprint density at radius 1 is 0.969 bits per heavy atom. The van der Waals surface area contributed by atoms with Gasteiger partial charge in [-0.3, -0.25) is 14.6 Å². The Labute approximate surface area is 181 Å². The lowest BCUT2D eigenvalue weighted by Gasteiger charge is -2.07. The van der Waals surface area contributed by atoms with Gasteiger partial charge in [0, 0.05) is 16.8 Å². The van der Waals surface area contributed by atoms with Crippen molar-refractivity contribution in [2.24, 2.45) is 5.10 Å². The van der Waals surface area contributed by atoms with E-state index in [4.69, 9.17) is 0 Å². The smallest absolute Gasteiger partial charge is 0.336 e. The summed E-state index contributed by atoms with van der Waals surface area (Å²) in [6.07, 6.45) is 1.28. The van der Waals surface area contributed by atoms with Crippen LogP contribution < -0.4 is 16.3 Å². The molecule has 0 atom stereocenters. The molecular weight excluding hydrogens is 410 g/mol. The quantitative estimate of drug-likeness (QED) is 0.276. The zero-order valence-electron chi connectivity index (χ0n) is 16.6. The van der Waals surface area contributed by atoms with Gasteiger partial charge in [-0.2, -0.15) is 5.10 Å². The molecule has 0 aliphatic carbocycles. The third-order valence-electron chi connectivity index (χ3n) is 4.58. The zero-order valence-corrected chi connectivity index (χ0v) is 16.6. The van der Waals surface area contributed by atoms with E-state index >= 15 is 0 Å². The Bertz CT molecular complexity index is 1390. The number of aromatic amines is 1. The summed E-state index contributed by atoms with van der Waals surface area (Å²) in [4.78, 5) is 42.7. The van der Waals surface area contributed by atoms with Crippen LogP contribution in [0.2, 0.25) is 0 Å². The Kier molecular flexibility index (Phi) is 5.71. The fraction of sp³-hybridized carbons (Fsp3) is 0. The largest absolute Gasteiger partial charge is 0.478 e. The number of nitrogens with zero attached hydrogens (tertiary/aromatic N) is 2. The average molecular weight is 427 g/mol. The summed E-state index contributed by atoms with van der Waals surface area (Å²) in [5, 5.41) is 16.5. The predicted octanol–water partition coefficient (Wildman–Crippen LogP) is 3.13. The van der Waals surface area contributed by atoms with Crippen molar-refractivity contribution in [2.45, 2.75) is 0 Å². The second-order valence-electron chi connectivity index (χ2n) is 6.73. The van der Waals surface area contributed by atoms with Crippen molar-refractivity contribution >= 4 is 40.6 Å². The molecule has 4 N–H and O–H groups in total. The molecule has 1 amide bonds. The van der Waals surface area contributed by atoms with Crippen LogP contribution in [0.3, 0.4) is 0 Å². The van der Waals surface area contributed by atoms with E-state index in [-0.39, 0.29) is 17.1 Å². The van der Waals surface area contributed by atoms with Gasteiger partial charge < -0.3 is 10.4 Å². The van der Waals surface area contributed by atoms with Gasteiger partial charge in [-0.25, -0.2) is 15.2 Å². The maximum absolute atomic E-state index is 12.3. The van der Waals surface area contributed by atoms with Gasteiger partial charge in [0.25, 0.3) is 11.5 Å². The molecule has 0 saturated carbocycles. The van der Waals surface area contributed by atoms with Crippen molar-refractivity contribution in [2.75, 3.05) is 5.32 Å². The third kappa shape index (κ3) is 4.51. The highest BCUT2D eigenvalue weighted by Crippen LogP contribution is 2.15. The highest BCUT2D eigenvalue weighted by Gasteiger charge is 2.08. The lowest BCUT2D eigenvalue weighted by Crippen LogP contribution is -2.17. The van der Waals surface area contributed by atoms with Gasteiger partial charge in [0.05, 0.1) is 22.7 Å². The van der Waals surface area contributed by atoms with Crippen LogP contribution in [-0.4, -0.2) is 33.2 Å². The van der Waals surface area contributed by atoms with E-state index in [0.717, 1.165) is 0 Å². The summed E-state index contributed by atoms with van der Waals surface area (Å²) in [6, 6.07) is 19.8. The van der Waals surface area contributed by atoms with Crippen molar-refractivity contribution in [3.63, 3.8) is 0 Å². The standard InChI is InChI=1S/C23H17N5O4/c29-20(28-24-13-15-5-1-2-6-17(15)22(31)32)14-9-11-16(12-10-14)25-23-26-19-8-4-3-7-18(19)21(30)27-23/h1-13H,(H,28,29)(H,31,32)(H2,25,26,27,30)/b24-13-. The Morgan fingerprint density at radius 3 is 2.47 bits per heavy atom. The number of aromatic carboxylic acids is 1. The summed E-state index contributed by atoms with van der Waals surface area (Å²) < 4.78 is 0. The summed E-state index contributed by atoms with van der Waals surface area (Å²) in [5.74, 6) is -1.26. The number of para-hydroxylation sites is 1. The number of H-pyrrole nitrogens is 1. The third-order valence-corrected chi connectivity index (χ3v) is 4.58. The highest BCUT2D eigenvalue weighted by molar-refractivity contribution is 5.99. The van der Waals surface area contributed by atoms with Crippen molar-refractivity contribution in [1.29, 1.82) is 0 Å². The molecule has 3 aromatic carbocycles. The number of carboxylic acids is 1. The molecule has 4 aromatic rings. The second kappa shape index (κ2) is 8.92. The maximum atomic E-state index is 12.3. The van der Waals surface area contributed by atoms with Crippen LogP contribution in [0.15, 0.2) is 82.7 Å². The first-order valence-electron chi connectivity index (χ1n) is 9.53. The maximum Gasteiger partial charge on any atom is 0.336 e. The molecule has 158 valence electrons. The number of anilines is 2. The molecule has 1 aromatic heterocycles. The lowest BCUT2D eigenvalue weighted by molar-refractivity contribution is 0.0696. The van der Waals surface area contributed by atoms with Crippen LogP contribution in [0.5, 0.6) is 0 Å². The van der Waals surface area contributed by atoms with Gasteiger partial charge in [-0.1, -0.05) is 30.3 Å². The van der Waals surface area contributed by atoms with E-state index in [9.17, 15) is 19.5 Å². The van der Waals surface area contributed by atoms with E-state index in [1.54, 1.807) is 66.7 Å². The number of fused-ring (bicyclic) bond motifs is 1. The highest BCUT2D eigenvalue weighted by atomic mass is 16.4. The van der Waals surface area contributed by atoms with E-state index in [0.29, 0.717) is 27.7 Å². The number of carbonyl (C=O) groups excluding carboxylic acids is 1. The van der Waals surface area contributed by atoms with Gasteiger partial charge in [0.2, 0.25) is 5.95 Å². The average Bonchev–Trinajstić information content (AvgIpc) is 2.80.